The number of benzene rings is 2. The number of halogens is 3. The van der Waals surface area contributed by atoms with E-state index in [4.69, 9.17) is 9.90 Å². The van der Waals surface area contributed by atoms with Gasteiger partial charge < -0.3 is 30.5 Å². The number of H-pyrrole nitrogens is 1. The smallest absolute Gasteiger partial charge is 0.490 e. The number of aromatic hydroxyl groups is 1. The number of phenols is 1. The van der Waals surface area contributed by atoms with E-state index >= 15 is 0 Å². The van der Waals surface area contributed by atoms with E-state index < -0.39 is 28.3 Å². The molecule has 0 aliphatic heterocycles. The Hall–Kier alpha value is -3.82. The lowest BCUT2D eigenvalue weighted by atomic mass is 10.0. The van der Waals surface area contributed by atoms with Gasteiger partial charge >= 0.3 is 12.1 Å². The normalized spacial score (nSPS) is 13.1. The highest BCUT2D eigenvalue weighted by Gasteiger charge is 2.38. The molecule has 0 saturated heterocycles. The summed E-state index contributed by atoms with van der Waals surface area (Å²) >= 11 is 0. The average Bonchev–Trinajstić information content (AvgIpc) is 3.30. The van der Waals surface area contributed by atoms with E-state index in [0.717, 1.165) is 22.7 Å². The molecule has 0 aliphatic rings. The minimum atomic E-state index is -5.08. The lowest BCUT2D eigenvalue weighted by Gasteiger charge is -2.19. The number of aliphatic hydroxyl groups is 1. The number of alkyl halides is 3. The third kappa shape index (κ3) is 9.92. The Morgan fingerprint density at radius 3 is 2.26 bits per heavy atom. The Bertz CT molecular complexity index is 1490. The van der Waals surface area contributed by atoms with Crippen LogP contribution >= 0.6 is 0 Å². The highest BCUT2D eigenvalue weighted by molar-refractivity contribution is 7.92. The van der Waals surface area contributed by atoms with Gasteiger partial charge in [-0.25, -0.2) is 13.2 Å². The van der Waals surface area contributed by atoms with Crippen molar-refractivity contribution < 1.29 is 46.5 Å². The third-order valence-corrected chi connectivity index (χ3v) is 6.78. The molecule has 0 saturated carbocycles. The van der Waals surface area contributed by atoms with Crippen LogP contribution < -0.4 is 10.0 Å². The lowest BCUT2D eigenvalue weighted by molar-refractivity contribution is -0.192. The van der Waals surface area contributed by atoms with E-state index in [1.54, 1.807) is 11.0 Å². The number of nitrogens with one attached hydrogen (secondary N) is 3. The fourth-order valence-electron chi connectivity index (χ4n) is 4.06. The van der Waals surface area contributed by atoms with Gasteiger partial charge in [-0.15, -0.1) is 0 Å². The monoisotopic (exact) mass is 616 g/mol. The van der Waals surface area contributed by atoms with Crippen molar-refractivity contribution in [1.82, 2.24) is 15.2 Å². The van der Waals surface area contributed by atoms with Crippen molar-refractivity contribution >= 4 is 38.5 Å². The summed E-state index contributed by atoms with van der Waals surface area (Å²) < 4.78 is 56.9. The van der Waals surface area contributed by atoms with Crippen LogP contribution in [0.3, 0.4) is 0 Å². The number of aliphatic hydroxyl groups excluding tert-OH is 1. The van der Waals surface area contributed by atoms with Crippen molar-refractivity contribution in [3.05, 3.63) is 59.3 Å². The van der Waals surface area contributed by atoms with Gasteiger partial charge in [-0.2, -0.15) is 13.2 Å². The van der Waals surface area contributed by atoms with Gasteiger partial charge in [0.2, 0.25) is 10.0 Å². The molecule has 1 amide bonds. The third-order valence-electron chi connectivity index (χ3n) is 6.19. The summed E-state index contributed by atoms with van der Waals surface area (Å²) in [5, 5.41) is 31.9. The molecule has 11 nitrogen and oxygen atoms in total. The molecule has 42 heavy (non-hydrogen) atoms. The number of carboxylic acids is 1. The zero-order valence-electron chi connectivity index (χ0n) is 23.5. The summed E-state index contributed by atoms with van der Waals surface area (Å²) in [4.78, 5) is 26.6. The van der Waals surface area contributed by atoms with Crippen LogP contribution in [-0.2, 0) is 21.2 Å². The van der Waals surface area contributed by atoms with Crippen molar-refractivity contribution in [2.45, 2.75) is 45.5 Å². The van der Waals surface area contributed by atoms with Crippen molar-refractivity contribution in [2.75, 3.05) is 30.6 Å². The lowest BCUT2D eigenvalue weighted by Crippen LogP contribution is -2.32. The number of amides is 1. The Labute approximate surface area is 241 Å². The molecule has 3 aromatic rings. The number of aliphatic carboxylic acids is 1. The zero-order chi connectivity index (χ0) is 31.8. The molecular formula is C27H35F3N4O7S. The molecule has 6 N–H and O–H groups in total. The molecular weight excluding hydrogens is 581 g/mol. The summed E-state index contributed by atoms with van der Waals surface area (Å²) in [7, 11) is -3.56. The van der Waals surface area contributed by atoms with Crippen molar-refractivity contribution in [3.63, 3.8) is 0 Å². The number of carboxylic acid groups (broad SMARTS) is 1. The first-order valence-electron chi connectivity index (χ1n) is 12.9. The first-order chi connectivity index (χ1) is 19.5. The SMILES string of the molecule is CCN(CC)C(=O)c1ccc2c(C[C@@H](C)NC[C@H](O)c3ccc(O)c(NS(C)(=O)=O)c3)c[nH]c2c1.O=C(O)C(F)(F)F. The first-order valence-corrected chi connectivity index (χ1v) is 14.8. The highest BCUT2D eigenvalue weighted by Crippen LogP contribution is 2.28. The predicted octanol–water partition coefficient (Wildman–Crippen LogP) is 3.61. The van der Waals surface area contributed by atoms with Crippen molar-refractivity contribution in [1.29, 1.82) is 0 Å². The second kappa shape index (κ2) is 14.4. The fourth-order valence-corrected chi connectivity index (χ4v) is 4.62. The van der Waals surface area contributed by atoms with Gasteiger partial charge in [0.15, 0.2) is 0 Å². The maximum atomic E-state index is 12.6. The summed E-state index contributed by atoms with van der Waals surface area (Å²) in [6.45, 7) is 7.51. The van der Waals surface area contributed by atoms with Crippen LogP contribution in [-0.4, -0.2) is 83.6 Å². The molecule has 3 rings (SSSR count). The summed E-state index contributed by atoms with van der Waals surface area (Å²) in [6, 6.07) is 10.1. The van der Waals surface area contributed by atoms with Crippen LogP contribution in [0.2, 0.25) is 0 Å². The maximum absolute atomic E-state index is 12.6. The molecule has 0 radical (unpaired) electrons. The molecule has 1 heterocycles. The number of rotatable bonds is 11. The molecule has 0 bridgehead atoms. The van der Waals surface area contributed by atoms with Crippen LogP contribution in [0.25, 0.3) is 10.9 Å². The molecule has 1 aromatic heterocycles. The standard InChI is InChI=1S/C25H34N4O5S.C2HF3O2/c1-5-29(6-2)25(32)18-7-9-20-19(14-27-21(20)13-18)11-16(3)26-15-24(31)17-8-10-23(30)22(12-17)28-35(4,33)34;3-2(4,5)1(6)7/h7-10,12-14,16,24,26-28,30-31H,5-6,11,15H2,1-4H3;(H,6,7)/t16-,24+;/m1./s1. The quantitative estimate of drug-likeness (QED) is 0.177. The summed E-state index contributed by atoms with van der Waals surface area (Å²) in [5.41, 5.74) is 3.16. The zero-order valence-corrected chi connectivity index (χ0v) is 24.3. The topological polar surface area (TPSA) is 172 Å². The number of anilines is 1. The first kappa shape index (κ1) is 34.4. The summed E-state index contributed by atoms with van der Waals surface area (Å²) in [5.74, 6) is -2.96. The largest absolute Gasteiger partial charge is 0.506 e. The molecule has 2 atom stereocenters. The van der Waals surface area contributed by atoms with Gasteiger partial charge in [-0.3, -0.25) is 9.52 Å². The van der Waals surface area contributed by atoms with Gasteiger partial charge in [-0.05, 0) is 62.6 Å². The summed E-state index contributed by atoms with van der Waals surface area (Å²) in [6.07, 6.45) is -2.34. The van der Waals surface area contributed by atoms with Crippen molar-refractivity contribution in [3.8, 4) is 5.75 Å². The number of carbonyl (C=O) groups is 2. The highest BCUT2D eigenvalue weighted by atomic mass is 32.2. The van der Waals surface area contributed by atoms with E-state index in [2.05, 4.69) is 15.0 Å². The van der Waals surface area contributed by atoms with E-state index in [9.17, 15) is 36.6 Å². The maximum Gasteiger partial charge on any atom is 0.490 e. The Morgan fingerprint density at radius 1 is 1.10 bits per heavy atom. The number of fused-ring (bicyclic) bond motifs is 1. The molecule has 232 valence electrons. The van der Waals surface area contributed by atoms with Gasteiger partial charge in [0.05, 0.1) is 18.0 Å². The number of sulfonamides is 1. The van der Waals surface area contributed by atoms with Crippen LogP contribution in [0.15, 0.2) is 42.6 Å². The minimum Gasteiger partial charge on any atom is -0.506 e. The van der Waals surface area contributed by atoms with Gasteiger partial charge in [-0.1, -0.05) is 12.1 Å². The Kier molecular flexibility index (Phi) is 11.8. The van der Waals surface area contributed by atoms with Crippen LogP contribution in [0.5, 0.6) is 5.75 Å². The predicted molar refractivity (Wildman–Crippen MR) is 152 cm³/mol. The van der Waals surface area contributed by atoms with Gasteiger partial charge in [0, 0.05) is 48.3 Å². The second-order valence-electron chi connectivity index (χ2n) is 9.53. The van der Waals surface area contributed by atoms with E-state index in [1.165, 1.54) is 12.1 Å². The van der Waals surface area contributed by atoms with Crippen LogP contribution in [0, 0.1) is 0 Å². The van der Waals surface area contributed by atoms with Crippen LogP contribution in [0.4, 0.5) is 18.9 Å². The molecule has 0 spiro atoms. The minimum absolute atomic E-state index is 0.0150. The van der Waals surface area contributed by atoms with Crippen LogP contribution in [0.1, 0.15) is 48.4 Å². The number of hydrogen-bond donors (Lipinski definition) is 6. The second-order valence-corrected chi connectivity index (χ2v) is 11.3. The molecule has 0 aliphatic carbocycles. The average molecular weight is 617 g/mol. The molecule has 2 aromatic carbocycles. The number of aromatic amines is 1. The Balaban J connectivity index is 0.000000782. The number of hydrogen-bond acceptors (Lipinski definition) is 7. The van der Waals surface area contributed by atoms with E-state index in [0.29, 0.717) is 30.6 Å². The van der Waals surface area contributed by atoms with Gasteiger partial charge in [0.1, 0.15) is 5.75 Å². The number of phenolic OH excluding ortho intramolecular Hbond substituents is 1. The molecule has 15 heteroatoms. The molecule has 0 fully saturated rings. The number of carbonyl (C=O) groups excluding carboxylic acids is 1. The van der Waals surface area contributed by atoms with E-state index in [1.807, 2.05) is 45.2 Å². The van der Waals surface area contributed by atoms with E-state index in [-0.39, 0.29) is 29.9 Å². The Morgan fingerprint density at radius 2 is 1.71 bits per heavy atom. The number of nitrogens with zero attached hydrogens (tertiary/aromatic N) is 1. The van der Waals surface area contributed by atoms with Crippen molar-refractivity contribution in [2.24, 2.45) is 0 Å². The fraction of sp³-hybridized carbons (Fsp3) is 0.407. The number of aromatic nitrogens is 1. The molecule has 0 unspecified atom stereocenters. The van der Waals surface area contributed by atoms with Gasteiger partial charge in [0.25, 0.3) is 5.91 Å².